The van der Waals surface area contributed by atoms with E-state index in [2.05, 4.69) is 10.3 Å². The largest absolute Gasteiger partial charge is 0.326 e. The molecule has 3 rings (SSSR count). The van der Waals surface area contributed by atoms with E-state index in [-0.39, 0.29) is 5.91 Å². The molecule has 1 amide bonds. The second kappa shape index (κ2) is 5.94. The lowest BCUT2D eigenvalue weighted by molar-refractivity contribution is -0.115. The lowest BCUT2D eigenvalue weighted by atomic mass is 10.1. The Labute approximate surface area is 127 Å². The molecule has 0 atom stereocenters. The first-order valence-electron chi connectivity index (χ1n) is 6.60. The second-order valence-electron chi connectivity index (χ2n) is 4.77. The van der Waals surface area contributed by atoms with Gasteiger partial charge in [-0.25, -0.2) is 0 Å². The monoisotopic (exact) mass is 296 g/mol. The van der Waals surface area contributed by atoms with Gasteiger partial charge in [-0.1, -0.05) is 29.8 Å². The van der Waals surface area contributed by atoms with Gasteiger partial charge in [0.1, 0.15) is 0 Å². The van der Waals surface area contributed by atoms with Crippen LogP contribution in [0, 0.1) is 0 Å². The molecule has 0 spiro atoms. The molecule has 0 aliphatic carbocycles. The summed E-state index contributed by atoms with van der Waals surface area (Å²) >= 11 is 5.92. The molecule has 0 unspecified atom stereocenters. The summed E-state index contributed by atoms with van der Waals surface area (Å²) in [4.78, 5) is 16.3. The van der Waals surface area contributed by atoms with Crippen LogP contribution in [-0.4, -0.2) is 10.9 Å². The molecule has 3 nitrogen and oxygen atoms in total. The molecule has 1 heterocycles. The number of nitrogens with one attached hydrogen (secondary N) is 1. The summed E-state index contributed by atoms with van der Waals surface area (Å²) in [5, 5.41) is 4.53. The summed E-state index contributed by atoms with van der Waals surface area (Å²) < 4.78 is 0. The Morgan fingerprint density at radius 3 is 2.86 bits per heavy atom. The van der Waals surface area contributed by atoms with Gasteiger partial charge in [0.15, 0.2) is 0 Å². The smallest absolute Gasteiger partial charge is 0.228 e. The number of pyridine rings is 1. The Bertz CT molecular complexity index is 801. The molecule has 0 radical (unpaired) electrons. The van der Waals surface area contributed by atoms with Gasteiger partial charge in [-0.15, -0.1) is 0 Å². The van der Waals surface area contributed by atoms with Crippen molar-refractivity contribution in [1.29, 1.82) is 0 Å². The lowest BCUT2D eigenvalue weighted by Gasteiger charge is -2.06. The molecule has 1 aromatic heterocycles. The molecule has 0 saturated carbocycles. The van der Waals surface area contributed by atoms with Crippen molar-refractivity contribution >= 4 is 34.1 Å². The van der Waals surface area contributed by atoms with Crippen molar-refractivity contribution in [1.82, 2.24) is 4.98 Å². The fraction of sp³-hybridized carbons (Fsp3) is 0.0588. The third-order valence-corrected chi connectivity index (χ3v) is 3.38. The van der Waals surface area contributed by atoms with Gasteiger partial charge in [0.25, 0.3) is 0 Å². The summed E-state index contributed by atoms with van der Waals surface area (Å²) in [7, 11) is 0. The van der Waals surface area contributed by atoms with Crippen LogP contribution in [0.2, 0.25) is 5.02 Å². The minimum atomic E-state index is -0.0690. The number of benzene rings is 2. The van der Waals surface area contributed by atoms with Gasteiger partial charge in [0.2, 0.25) is 5.91 Å². The molecule has 0 aliphatic heterocycles. The summed E-state index contributed by atoms with van der Waals surface area (Å²) in [5.74, 6) is -0.0690. The first-order valence-corrected chi connectivity index (χ1v) is 6.97. The molecular weight excluding hydrogens is 284 g/mol. The summed E-state index contributed by atoms with van der Waals surface area (Å²) in [5.41, 5.74) is 2.57. The van der Waals surface area contributed by atoms with Crippen molar-refractivity contribution in [2.24, 2.45) is 0 Å². The quantitative estimate of drug-likeness (QED) is 0.791. The number of anilines is 1. The van der Waals surface area contributed by atoms with Crippen molar-refractivity contribution in [2.75, 3.05) is 5.32 Å². The highest BCUT2D eigenvalue weighted by molar-refractivity contribution is 6.30. The Morgan fingerprint density at radius 1 is 1.10 bits per heavy atom. The number of rotatable bonds is 3. The van der Waals surface area contributed by atoms with Gasteiger partial charge in [-0.05, 0) is 42.0 Å². The van der Waals surface area contributed by atoms with Crippen molar-refractivity contribution in [2.45, 2.75) is 6.42 Å². The van der Waals surface area contributed by atoms with Gasteiger partial charge in [0, 0.05) is 22.3 Å². The summed E-state index contributed by atoms with van der Waals surface area (Å²) in [6.45, 7) is 0. The Hall–Kier alpha value is -2.39. The van der Waals surface area contributed by atoms with Crippen LogP contribution in [0.1, 0.15) is 5.56 Å². The van der Waals surface area contributed by atoms with Gasteiger partial charge in [-0.3, -0.25) is 9.78 Å². The van der Waals surface area contributed by atoms with Gasteiger partial charge in [-0.2, -0.15) is 0 Å². The molecule has 0 saturated heterocycles. The number of amides is 1. The molecular formula is C17H13ClN2O. The van der Waals surface area contributed by atoms with Crippen LogP contribution < -0.4 is 5.32 Å². The Kier molecular flexibility index (Phi) is 3.84. The van der Waals surface area contributed by atoms with E-state index in [1.165, 1.54) is 0 Å². The lowest BCUT2D eigenvalue weighted by Crippen LogP contribution is -2.14. The zero-order chi connectivity index (χ0) is 14.7. The van der Waals surface area contributed by atoms with Crippen LogP contribution in [0.3, 0.4) is 0 Å². The molecule has 3 aromatic rings. The zero-order valence-electron chi connectivity index (χ0n) is 11.2. The van der Waals surface area contributed by atoms with Crippen molar-refractivity contribution in [3.8, 4) is 0 Å². The minimum Gasteiger partial charge on any atom is -0.326 e. The molecule has 0 bridgehead atoms. The first-order chi connectivity index (χ1) is 10.2. The van der Waals surface area contributed by atoms with E-state index in [4.69, 9.17) is 11.6 Å². The number of fused-ring (bicyclic) bond motifs is 1. The van der Waals surface area contributed by atoms with E-state index in [1.807, 2.05) is 42.5 Å². The Morgan fingerprint density at radius 2 is 2.00 bits per heavy atom. The van der Waals surface area contributed by atoms with E-state index in [1.54, 1.807) is 18.3 Å². The number of hydrogen-bond acceptors (Lipinski definition) is 2. The molecule has 2 aromatic carbocycles. The fourth-order valence-corrected chi connectivity index (χ4v) is 2.40. The average molecular weight is 297 g/mol. The predicted octanol–water partition coefficient (Wildman–Crippen LogP) is 4.07. The number of aromatic nitrogens is 1. The van der Waals surface area contributed by atoms with Crippen molar-refractivity contribution in [3.05, 3.63) is 71.4 Å². The van der Waals surface area contributed by atoms with E-state index in [0.717, 1.165) is 22.2 Å². The SMILES string of the molecule is O=C(Cc1cccc(Cl)c1)Nc1ccc2ncccc2c1. The number of carbonyl (C=O) groups excluding carboxylic acids is 1. The van der Waals surface area contributed by atoms with Crippen LogP contribution in [-0.2, 0) is 11.2 Å². The zero-order valence-corrected chi connectivity index (χ0v) is 12.0. The van der Waals surface area contributed by atoms with Crippen LogP contribution in [0.15, 0.2) is 60.8 Å². The van der Waals surface area contributed by atoms with E-state index in [9.17, 15) is 4.79 Å². The van der Waals surface area contributed by atoms with Crippen LogP contribution in [0.25, 0.3) is 10.9 Å². The van der Waals surface area contributed by atoms with Gasteiger partial charge < -0.3 is 5.32 Å². The topological polar surface area (TPSA) is 42.0 Å². The molecule has 0 aliphatic rings. The third-order valence-electron chi connectivity index (χ3n) is 3.14. The van der Waals surface area contributed by atoms with E-state index in [0.29, 0.717) is 11.4 Å². The number of nitrogens with zero attached hydrogens (tertiary/aromatic N) is 1. The van der Waals surface area contributed by atoms with Crippen molar-refractivity contribution in [3.63, 3.8) is 0 Å². The maximum Gasteiger partial charge on any atom is 0.228 e. The standard InChI is InChI=1S/C17H13ClN2O/c18-14-5-1-3-12(9-14)10-17(21)20-15-6-7-16-13(11-15)4-2-8-19-16/h1-9,11H,10H2,(H,20,21). The first kappa shape index (κ1) is 13.6. The number of carbonyl (C=O) groups is 1. The number of halogens is 1. The van der Waals surface area contributed by atoms with Gasteiger partial charge in [0.05, 0.1) is 11.9 Å². The van der Waals surface area contributed by atoms with E-state index >= 15 is 0 Å². The second-order valence-corrected chi connectivity index (χ2v) is 5.20. The summed E-state index contributed by atoms with van der Waals surface area (Å²) in [6, 6.07) is 16.8. The predicted molar refractivity (Wildman–Crippen MR) is 85.5 cm³/mol. The highest BCUT2D eigenvalue weighted by atomic mass is 35.5. The van der Waals surface area contributed by atoms with Crippen LogP contribution in [0.4, 0.5) is 5.69 Å². The molecule has 4 heteroatoms. The minimum absolute atomic E-state index is 0.0690. The van der Waals surface area contributed by atoms with Gasteiger partial charge >= 0.3 is 0 Å². The molecule has 0 fully saturated rings. The molecule has 21 heavy (non-hydrogen) atoms. The van der Waals surface area contributed by atoms with Crippen LogP contribution >= 0.6 is 11.6 Å². The van der Waals surface area contributed by atoms with Crippen molar-refractivity contribution < 1.29 is 4.79 Å². The van der Waals surface area contributed by atoms with E-state index < -0.39 is 0 Å². The normalized spacial score (nSPS) is 10.5. The maximum atomic E-state index is 12.1. The number of hydrogen-bond donors (Lipinski definition) is 1. The third kappa shape index (κ3) is 3.38. The maximum absolute atomic E-state index is 12.1. The van der Waals surface area contributed by atoms with Crippen LogP contribution in [0.5, 0.6) is 0 Å². The summed E-state index contributed by atoms with van der Waals surface area (Å²) in [6.07, 6.45) is 2.05. The molecule has 104 valence electrons. The molecule has 1 N–H and O–H groups in total. The highest BCUT2D eigenvalue weighted by Gasteiger charge is 2.05. The fourth-order valence-electron chi connectivity index (χ4n) is 2.19. The Balaban J connectivity index is 1.74. The average Bonchev–Trinajstić information content (AvgIpc) is 2.47. The highest BCUT2D eigenvalue weighted by Crippen LogP contribution is 2.17.